The molecular formula is C21H28O4. The zero-order valence-electron chi connectivity index (χ0n) is 15.4. The molecule has 0 spiro atoms. The SMILES string of the molecule is CCOCc1cc(C(C)(C)c2ccc(O)c(C(O)CC)c2)ccc1O. The largest absolute Gasteiger partial charge is 0.508 e. The van der Waals surface area contributed by atoms with Crippen molar-refractivity contribution in [2.75, 3.05) is 6.61 Å². The maximum atomic E-state index is 10.1. The lowest BCUT2D eigenvalue weighted by atomic mass is 9.77. The second kappa shape index (κ2) is 7.89. The van der Waals surface area contributed by atoms with Crippen LogP contribution in [0.15, 0.2) is 36.4 Å². The molecule has 0 heterocycles. The van der Waals surface area contributed by atoms with Gasteiger partial charge in [0, 0.05) is 23.1 Å². The maximum Gasteiger partial charge on any atom is 0.121 e. The summed E-state index contributed by atoms with van der Waals surface area (Å²) in [5, 5.41) is 30.2. The highest BCUT2D eigenvalue weighted by Gasteiger charge is 2.26. The monoisotopic (exact) mass is 344 g/mol. The molecule has 0 radical (unpaired) electrons. The average Bonchev–Trinajstić information content (AvgIpc) is 2.60. The minimum absolute atomic E-state index is 0.108. The lowest BCUT2D eigenvalue weighted by molar-refractivity contribution is 0.132. The standard InChI is InChI=1S/C21H28O4/c1-5-18(22)17-12-16(8-10-20(17)24)21(3,4)15-7-9-19(23)14(11-15)13-25-6-2/h7-12,18,22-24H,5-6,13H2,1-4H3. The predicted molar refractivity (Wildman–Crippen MR) is 98.9 cm³/mol. The van der Waals surface area contributed by atoms with Crippen LogP contribution in [0.5, 0.6) is 11.5 Å². The first-order valence-electron chi connectivity index (χ1n) is 8.72. The molecule has 0 amide bonds. The van der Waals surface area contributed by atoms with E-state index in [1.807, 2.05) is 38.1 Å². The molecule has 0 saturated carbocycles. The van der Waals surface area contributed by atoms with Crippen LogP contribution in [-0.4, -0.2) is 21.9 Å². The fraction of sp³-hybridized carbons (Fsp3) is 0.429. The van der Waals surface area contributed by atoms with E-state index in [4.69, 9.17) is 4.74 Å². The van der Waals surface area contributed by atoms with E-state index in [0.29, 0.717) is 25.2 Å². The Balaban J connectivity index is 2.44. The molecule has 0 aliphatic rings. The molecule has 0 bridgehead atoms. The number of ether oxygens (including phenoxy) is 1. The zero-order valence-corrected chi connectivity index (χ0v) is 15.4. The lowest BCUT2D eigenvalue weighted by Gasteiger charge is -2.28. The Kier molecular flexibility index (Phi) is 6.09. The van der Waals surface area contributed by atoms with Gasteiger partial charge in [0.05, 0.1) is 12.7 Å². The van der Waals surface area contributed by atoms with E-state index in [0.717, 1.165) is 16.7 Å². The maximum absolute atomic E-state index is 10.1. The Morgan fingerprint density at radius 3 is 2.16 bits per heavy atom. The van der Waals surface area contributed by atoms with E-state index in [9.17, 15) is 15.3 Å². The number of hydrogen-bond donors (Lipinski definition) is 3. The Hall–Kier alpha value is -2.04. The van der Waals surface area contributed by atoms with Gasteiger partial charge in [-0.25, -0.2) is 0 Å². The van der Waals surface area contributed by atoms with Crippen LogP contribution >= 0.6 is 0 Å². The molecule has 0 saturated heterocycles. The highest BCUT2D eigenvalue weighted by molar-refractivity contribution is 5.47. The van der Waals surface area contributed by atoms with Crippen LogP contribution in [0.2, 0.25) is 0 Å². The zero-order chi connectivity index (χ0) is 18.6. The molecule has 2 aromatic rings. The van der Waals surface area contributed by atoms with E-state index < -0.39 is 6.10 Å². The first kappa shape index (κ1) is 19.3. The molecule has 25 heavy (non-hydrogen) atoms. The van der Waals surface area contributed by atoms with Crippen molar-refractivity contribution < 1.29 is 20.1 Å². The molecule has 1 atom stereocenters. The number of phenols is 2. The van der Waals surface area contributed by atoms with Crippen molar-refractivity contribution in [2.24, 2.45) is 0 Å². The normalized spacial score (nSPS) is 13.0. The van der Waals surface area contributed by atoms with Gasteiger partial charge in [-0.3, -0.25) is 0 Å². The lowest BCUT2D eigenvalue weighted by Crippen LogP contribution is -2.19. The fourth-order valence-electron chi connectivity index (χ4n) is 2.90. The van der Waals surface area contributed by atoms with Gasteiger partial charge in [0.2, 0.25) is 0 Å². The van der Waals surface area contributed by atoms with Gasteiger partial charge in [-0.2, -0.15) is 0 Å². The third-order valence-corrected chi connectivity index (χ3v) is 4.76. The second-order valence-corrected chi connectivity index (χ2v) is 6.80. The summed E-state index contributed by atoms with van der Waals surface area (Å²) in [5.74, 6) is 0.331. The van der Waals surface area contributed by atoms with Crippen LogP contribution in [0.4, 0.5) is 0 Å². The van der Waals surface area contributed by atoms with Gasteiger partial charge in [0.1, 0.15) is 11.5 Å². The average molecular weight is 344 g/mol. The van der Waals surface area contributed by atoms with Crippen molar-refractivity contribution in [3.8, 4) is 11.5 Å². The van der Waals surface area contributed by atoms with Crippen molar-refractivity contribution in [1.29, 1.82) is 0 Å². The van der Waals surface area contributed by atoms with Crippen LogP contribution in [0.3, 0.4) is 0 Å². The number of hydrogen-bond acceptors (Lipinski definition) is 4. The van der Waals surface area contributed by atoms with Crippen LogP contribution in [0.25, 0.3) is 0 Å². The van der Waals surface area contributed by atoms with Crippen molar-refractivity contribution >= 4 is 0 Å². The van der Waals surface area contributed by atoms with Crippen molar-refractivity contribution in [2.45, 2.75) is 52.2 Å². The Morgan fingerprint density at radius 1 is 0.960 bits per heavy atom. The van der Waals surface area contributed by atoms with Gasteiger partial charge in [0.15, 0.2) is 0 Å². The number of aromatic hydroxyl groups is 2. The highest BCUT2D eigenvalue weighted by atomic mass is 16.5. The number of rotatable bonds is 7. The van der Waals surface area contributed by atoms with Gasteiger partial charge < -0.3 is 20.1 Å². The van der Waals surface area contributed by atoms with Crippen LogP contribution in [-0.2, 0) is 16.8 Å². The molecule has 2 rings (SSSR count). The molecule has 3 N–H and O–H groups in total. The van der Waals surface area contributed by atoms with Gasteiger partial charge in [-0.1, -0.05) is 32.9 Å². The Morgan fingerprint density at radius 2 is 1.56 bits per heavy atom. The molecule has 0 aliphatic carbocycles. The number of phenolic OH excluding ortho intramolecular Hbond substituents is 2. The minimum atomic E-state index is -0.691. The van der Waals surface area contributed by atoms with E-state index in [1.54, 1.807) is 12.1 Å². The summed E-state index contributed by atoms with van der Waals surface area (Å²) < 4.78 is 5.43. The number of benzene rings is 2. The summed E-state index contributed by atoms with van der Waals surface area (Å²) >= 11 is 0. The third-order valence-electron chi connectivity index (χ3n) is 4.76. The molecular weight excluding hydrogens is 316 g/mol. The highest BCUT2D eigenvalue weighted by Crippen LogP contribution is 2.37. The molecule has 0 aliphatic heterocycles. The Labute approximate surface area is 149 Å². The van der Waals surface area contributed by atoms with E-state index in [-0.39, 0.29) is 16.9 Å². The first-order valence-corrected chi connectivity index (χ1v) is 8.72. The van der Waals surface area contributed by atoms with Gasteiger partial charge in [-0.05, 0) is 48.7 Å². The van der Waals surface area contributed by atoms with Gasteiger partial charge in [-0.15, -0.1) is 0 Å². The Bertz CT molecular complexity index is 722. The molecule has 1 unspecified atom stereocenters. The third kappa shape index (κ3) is 4.14. The number of aliphatic hydroxyl groups is 1. The van der Waals surface area contributed by atoms with Crippen LogP contribution in [0.1, 0.15) is 62.5 Å². The van der Waals surface area contributed by atoms with Gasteiger partial charge in [0.25, 0.3) is 0 Å². The molecule has 0 aromatic heterocycles. The van der Waals surface area contributed by atoms with Crippen molar-refractivity contribution in [1.82, 2.24) is 0 Å². The minimum Gasteiger partial charge on any atom is -0.508 e. The fourth-order valence-corrected chi connectivity index (χ4v) is 2.90. The van der Waals surface area contributed by atoms with E-state index in [2.05, 4.69) is 13.8 Å². The van der Waals surface area contributed by atoms with Crippen LogP contribution in [0, 0.1) is 0 Å². The summed E-state index contributed by atoms with van der Waals surface area (Å²) in [6, 6.07) is 10.9. The molecule has 2 aromatic carbocycles. The quantitative estimate of drug-likeness (QED) is 0.696. The van der Waals surface area contributed by atoms with Crippen molar-refractivity contribution in [3.05, 3.63) is 58.7 Å². The number of aliphatic hydroxyl groups excluding tert-OH is 1. The predicted octanol–water partition coefficient (Wildman–Crippen LogP) is 4.40. The molecule has 4 heteroatoms. The van der Waals surface area contributed by atoms with Crippen molar-refractivity contribution in [3.63, 3.8) is 0 Å². The summed E-state index contributed by atoms with van der Waals surface area (Å²) in [4.78, 5) is 0. The van der Waals surface area contributed by atoms with E-state index >= 15 is 0 Å². The molecule has 0 fully saturated rings. The first-order chi connectivity index (χ1) is 11.8. The molecule has 4 nitrogen and oxygen atoms in total. The summed E-state index contributed by atoms with van der Waals surface area (Å²) in [6.07, 6.45) is -0.154. The second-order valence-electron chi connectivity index (χ2n) is 6.80. The smallest absolute Gasteiger partial charge is 0.121 e. The van der Waals surface area contributed by atoms with Gasteiger partial charge >= 0.3 is 0 Å². The van der Waals surface area contributed by atoms with Crippen LogP contribution < -0.4 is 0 Å². The summed E-state index contributed by atoms with van der Waals surface area (Å²) in [6.45, 7) is 8.91. The topological polar surface area (TPSA) is 69.9 Å². The van der Waals surface area contributed by atoms with E-state index in [1.165, 1.54) is 0 Å². The molecule has 136 valence electrons. The summed E-state index contributed by atoms with van der Waals surface area (Å²) in [7, 11) is 0. The summed E-state index contributed by atoms with van der Waals surface area (Å²) in [5.41, 5.74) is 2.95.